The van der Waals surface area contributed by atoms with Gasteiger partial charge in [0, 0.05) is 25.1 Å². The molecular weight excluding hydrogens is 150 g/mol. The first-order valence-corrected chi connectivity index (χ1v) is 5.14. The summed E-state index contributed by atoms with van der Waals surface area (Å²) in [5, 5.41) is 3.56. The van der Waals surface area contributed by atoms with E-state index >= 15 is 0 Å². The highest BCUT2D eigenvalue weighted by Gasteiger charge is 2.39. The summed E-state index contributed by atoms with van der Waals surface area (Å²) in [6, 6.07) is 0.658. The topological polar surface area (TPSA) is 21.3 Å². The number of fused-ring (bicyclic) bond motifs is 1. The minimum absolute atomic E-state index is 0.513. The summed E-state index contributed by atoms with van der Waals surface area (Å²) < 4.78 is 5.81. The van der Waals surface area contributed by atoms with E-state index in [1.165, 1.54) is 12.8 Å². The van der Waals surface area contributed by atoms with Crippen LogP contribution in [0.5, 0.6) is 0 Å². The molecule has 2 saturated heterocycles. The summed E-state index contributed by atoms with van der Waals surface area (Å²) in [4.78, 5) is 0. The number of rotatable bonds is 1. The molecule has 2 heteroatoms. The van der Waals surface area contributed by atoms with Crippen molar-refractivity contribution in [2.75, 3.05) is 13.2 Å². The lowest BCUT2D eigenvalue weighted by Crippen LogP contribution is -2.38. The van der Waals surface area contributed by atoms with Gasteiger partial charge < -0.3 is 10.1 Å². The Labute approximate surface area is 74.7 Å². The molecule has 0 aliphatic carbocycles. The molecule has 2 aliphatic heterocycles. The lowest BCUT2D eigenvalue weighted by molar-refractivity contribution is -0.0223. The zero-order valence-electron chi connectivity index (χ0n) is 8.05. The van der Waals surface area contributed by atoms with Gasteiger partial charge in [-0.2, -0.15) is 0 Å². The normalized spacial score (nSPS) is 41.8. The molecule has 0 aromatic carbocycles. The number of ether oxygens (including phenoxy) is 1. The summed E-state index contributed by atoms with van der Waals surface area (Å²) >= 11 is 0. The first-order valence-electron chi connectivity index (χ1n) is 5.14. The number of hydrogen-bond donors (Lipinski definition) is 1. The Morgan fingerprint density at radius 1 is 1.42 bits per heavy atom. The van der Waals surface area contributed by atoms with Crippen LogP contribution in [-0.4, -0.2) is 25.3 Å². The van der Waals surface area contributed by atoms with Crippen molar-refractivity contribution in [2.24, 2.45) is 11.8 Å². The van der Waals surface area contributed by atoms with E-state index in [0.29, 0.717) is 12.1 Å². The second kappa shape index (κ2) is 3.35. The second-order valence-electron chi connectivity index (χ2n) is 4.40. The van der Waals surface area contributed by atoms with Gasteiger partial charge in [0.25, 0.3) is 0 Å². The molecule has 0 aromatic heterocycles. The van der Waals surface area contributed by atoms with Crippen LogP contribution in [-0.2, 0) is 4.74 Å². The van der Waals surface area contributed by atoms with Crippen LogP contribution in [0.1, 0.15) is 26.7 Å². The highest BCUT2D eigenvalue weighted by molar-refractivity contribution is 4.94. The van der Waals surface area contributed by atoms with Gasteiger partial charge in [0.1, 0.15) is 0 Å². The van der Waals surface area contributed by atoms with Gasteiger partial charge in [-0.15, -0.1) is 0 Å². The lowest BCUT2D eigenvalue weighted by Gasteiger charge is -2.30. The molecule has 2 aliphatic rings. The molecule has 0 saturated carbocycles. The van der Waals surface area contributed by atoms with Gasteiger partial charge in [-0.25, -0.2) is 0 Å². The van der Waals surface area contributed by atoms with Crippen molar-refractivity contribution in [3.05, 3.63) is 0 Å². The Hall–Kier alpha value is -0.0800. The first kappa shape index (κ1) is 8.52. The molecule has 2 fully saturated rings. The monoisotopic (exact) mass is 169 g/mol. The third kappa shape index (κ3) is 1.38. The van der Waals surface area contributed by atoms with E-state index in [2.05, 4.69) is 19.2 Å². The molecule has 1 N–H and O–H groups in total. The number of hydrogen-bond acceptors (Lipinski definition) is 2. The fourth-order valence-electron chi connectivity index (χ4n) is 2.46. The molecule has 0 amide bonds. The fraction of sp³-hybridized carbons (Fsp3) is 1.00. The van der Waals surface area contributed by atoms with E-state index in [0.717, 1.165) is 25.0 Å². The van der Waals surface area contributed by atoms with Gasteiger partial charge in [0.05, 0.1) is 6.10 Å². The molecule has 2 nitrogen and oxygen atoms in total. The predicted molar refractivity (Wildman–Crippen MR) is 49.1 cm³/mol. The summed E-state index contributed by atoms with van der Waals surface area (Å²) in [5.74, 6) is 1.50. The first-order chi connectivity index (χ1) is 5.79. The van der Waals surface area contributed by atoms with Crippen LogP contribution < -0.4 is 5.32 Å². The third-order valence-corrected chi connectivity index (χ3v) is 3.26. The highest BCUT2D eigenvalue weighted by atomic mass is 16.5. The minimum Gasteiger partial charge on any atom is -0.376 e. The van der Waals surface area contributed by atoms with Gasteiger partial charge >= 0.3 is 0 Å². The van der Waals surface area contributed by atoms with E-state index in [9.17, 15) is 0 Å². The van der Waals surface area contributed by atoms with Gasteiger partial charge in [-0.3, -0.25) is 0 Å². The molecular formula is C10H19NO. The Morgan fingerprint density at radius 3 is 3.00 bits per heavy atom. The smallest absolute Gasteiger partial charge is 0.0770 e. The van der Waals surface area contributed by atoms with E-state index < -0.39 is 0 Å². The molecule has 2 rings (SSSR count). The van der Waals surface area contributed by atoms with Crippen molar-refractivity contribution in [3.63, 3.8) is 0 Å². The molecule has 0 spiro atoms. The van der Waals surface area contributed by atoms with Crippen LogP contribution in [0, 0.1) is 11.8 Å². The van der Waals surface area contributed by atoms with Crippen LogP contribution in [0.25, 0.3) is 0 Å². The quantitative estimate of drug-likeness (QED) is 0.641. The molecule has 0 aromatic rings. The Kier molecular flexibility index (Phi) is 2.37. The van der Waals surface area contributed by atoms with E-state index in [1.54, 1.807) is 0 Å². The molecule has 12 heavy (non-hydrogen) atoms. The molecule has 70 valence electrons. The van der Waals surface area contributed by atoms with Crippen LogP contribution in [0.3, 0.4) is 0 Å². The maximum Gasteiger partial charge on any atom is 0.0770 e. The van der Waals surface area contributed by atoms with Crippen molar-refractivity contribution in [3.8, 4) is 0 Å². The van der Waals surface area contributed by atoms with Crippen LogP contribution >= 0.6 is 0 Å². The van der Waals surface area contributed by atoms with Gasteiger partial charge in [-0.1, -0.05) is 13.8 Å². The maximum atomic E-state index is 5.81. The average Bonchev–Trinajstić information content (AvgIpc) is 2.47. The third-order valence-electron chi connectivity index (χ3n) is 3.26. The Morgan fingerprint density at radius 2 is 2.25 bits per heavy atom. The molecule has 2 heterocycles. The zero-order chi connectivity index (χ0) is 8.55. The molecule has 3 atom stereocenters. The molecule has 3 unspecified atom stereocenters. The number of nitrogens with one attached hydrogen (secondary N) is 1. The lowest BCUT2D eigenvalue weighted by atomic mass is 9.88. The summed E-state index contributed by atoms with van der Waals surface area (Å²) in [7, 11) is 0. The van der Waals surface area contributed by atoms with Crippen molar-refractivity contribution in [2.45, 2.75) is 38.8 Å². The highest BCUT2D eigenvalue weighted by Crippen LogP contribution is 2.30. The van der Waals surface area contributed by atoms with Crippen molar-refractivity contribution >= 4 is 0 Å². The minimum atomic E-state index is 0.513. The average molecular weight is 169 g/mol. The van der Waals surface area contributed by atoms with Gasteiger partial charge in [-0.05, 0) is 18.8 Å². The standard InChI is InChI=1S/C10H19NO/c1-7(2)8-6-11-9-4-3-5-12-10(8)9/h7-11H,3-6H2,1-2H3. The summed E-state index contributed by atoms with van der Waals surface area (Å²) in [6.07, 6.45) is 3.06. The summed E-state index contributed by atoms with van der Waals surface area (Å²) in [5.41, 5.74) is 0. The van der Waals surface area contributed by atoms with Crippen molar-refractivity contribution in [1.82, 2.24) is 5.32 Å². The van der Waals surface area contributed by atoms with E-state index in [-0.39, 0.29) is 0 Å². The largest absolute Gasteiger partial charge is 0.376 e. The summed E-state index contributed by atoms with van der Waals surface area (Å²) in [6.45, 7) is 6.73. The molecule has 0 radical (unpaired) electrons. The van der Waals surface area contributed by atoms with Crippen molar-refractivity contribution in [1.29, 1.82) is 0 Å². The Bertz CT molecular complexity index is 158. The predicted octanol–water partition coefficient (Wildman–Crippen LogP) is 1.41. The Balaban J connectivity index is 2.01. The van der Waals surface area contributed by atoms with Gasteiger partial charge in [0.15, 0.2) is 0 Å². The fourth-order valence-corrected chi connectivity index (χ4v) is 2.46. The maximum absolute atomic E-state index is 5.81. The van der Waals surface area contributed by atoms with E-state index in [4.69, 9.17) is 4.74 Å². The zero-order valence-corrected chi connectivity index (χ0v) is 8.05. The van der Waals surface area contributed by atoms with Crippen LogP contribution in [0.2, 0.25) is 0 Å². The van der Waals surface area contributed by atoms with E-state index in [1.807, 2.05) is 0 Å². The SMILES string of the molecule is CC(C)C1CNC2CCCOC21. The second-order valence-corrected chi connectivity index (χ2v) is 4.40. The molecule has 0 bridgehead atoms. The van der Waals surface area contributed by atoms with Crippen molar-refractivity contribution < 1.29 is 4.74 Å². The van der Waals surface area contributed by atoms with Crippen LogP contribution in [0.15, 0.2) is 0 Å². The van der Waals surface area contributed by atoms with Crippen LogP contribution in [0.4, 0.5) is 0 Å². The van der Waals surface area contributed by atoms with Gasteiger partial charge in [0.2, 0.25) is 0 Å².